The fourth-order valence-corrected chi connectivity index (χ4v) is 5.95. The summed E-state index contributed by atoms with van der Waals surface area (Å²) in [6.07, 6.45) is 0. The van der Waals surface area contributed by atoms with Gasteiger partial charge in [-0.3, -0.25) is 4.99 Å². The summed E-state index contributed by atoms with van der Waals surface area (Å²) in [5.41, 5.74) is 0.803. The lowest BCUT2D eigenvalue weighted by atomic mass is 10.1. The van der Waals surface area contributed by atoms with Gasteiger partial charge in [0, 0.05) is 15.7 Å². The average molecular weight is 365 g/mol. The second-order valence-corrected chi connectivity index (χ2v) is 9.31. The van der Waals surface area contributed by atoms with E-state index in [4.69, 9.17) is 23.2 Å². The van der Waals surface area contributed by atoms with Gasteiger partial charge < -0.3 is 4.90 Å². The molecule has 0 aliphatic carbocycles. The Morgan fingerprint density at radius 2 is 1.95 bits per heavy atom. The number of halogens is 2. The van der Waals surface area contributed by atoms with Crippen LogP contribution in [0.4, 0.5) is 5.69 Å². The van der Waals surface area contributed by atoms with Crippen molar-refractivity contribution in [1.29, 1.82) is 0 Å². The summed E-state index contributed by atoms with van der Waals surface area (Å²) in [6.45, 7) is 2.04. The van der Waals surface area contributed by atoms with Crippen molar-refractivity contribution in [3.8, 4) is 0 Å². The molecule has 114 valence electrons. The fraction of sp³-hybridized carbons (Fsp3) is 0.462. The van der Waals surface area contributed by atoms with E-state index >= 15 is 0 Å². The fourth-order valence-electron chi connectivity index (χ4n) is 2.74. The van der Waals surface area contributed by atoms with Crippen LogP contribution in [0.2, 0.25) is 10.0 Å². The van der Waals surface area contributed by atoms with Crippen LogP contribution < -0.4 is 4.90 Å². The number of hydrogen-bond acceptors (Lipinski definition) is 5. The minimum atomic E-state index is -3.03. The van der Waals surface area contributed by atoms with E-state index in [9.17, 15) is 8.42 Å². The summed E-state index contributed by atoms with van der Waals surface area (Å²) in [5.74, 6) is 1.12. The molecule has 0 saturated carbocycles. The first-order chi connectivity index (χ1) is 9.89. The number of aliphatic imine (C=N–C) groups is 1. The molecule has 1 saturated heterocycles. The van der Waals surface area contributed by atoms with Crippen LogP contribution in [0, 0.1) is 0 Å². The van der Waals surface area contributed by atoms with E-state index in [1.165, 1.54) is 0 Å². The highest BCUT2D eigenvalue weighted by Crippen LogP contribution is 2.37. The lowest BCUT2D eigenvalue weighted by molar-refractivity contribution is 0.601. The molecule has 8 heteroatoms. The topological polar surface area (TPSA) is 49.7 Å². The quantitative estimate of drug-likeness (QED) is 0.808. The van der Waals surface area contributed by atoms with Crippen molar-refractivity contribution >= 4 is 55.7 Å². The van der Waals surface area contributed by atoms with E-state index in [0.717, 1.165) is 16.6 Å². The Balaban J connectivity index is 2.03. The zero-order valence-corrected chi connectivity index (χ0v) is 14.4. The Hall–Kier alpha value is -0.430. The molecule has 1 aromatic rings. The number of amidine groups is 1. The monoisotopic (exact) mass is 364 g/mol. The second kappa shape index (κ2) is 5.65. The first-order valence-corrected chi connectivity index (χ1v) is 10.1. The van der Waals surface area contributed by atoms with E-state index in [2.05, 4.69) is 4.99 Å². The van der Waals surface area contributed by atoms with E-state index < -0.39 is 9.84 Å². The van der Waals surface area contributed by atoms with Crippen LogP contribution in [0.3, 0.4) is 0 Å². The average Bonchev–Trinajstić information content (AvgIpc) is 2.79. The molecule has 0 spiro atoms. The Morgan fingerprint density at radius 1 is 1.29 bits per heavy atom. The van der Waals surface area contributed by atoms with Crippen molar-refractivity contribution in [3.63, 3.8) is 0 Å². The highest BCUT2D eigenvalue weighted by Gasteiger charge is 2.47. The lowest BCUT2D eigenvalue weighted by Gasteiger charge is -2.26. The zero-order valence-electron chi connectivity index (χ0n) is 11.3. The summed E-state index contributed by atoms with van der Waals surface area (Å²) < 4.78 is 23.7. The lowest BCUT2D eigenvalue weighted by Crippen LogP contribution is -2.39. The number of rotatable bonds is 2. The van der Waals surface area contributed by atoms with Gasteiger partial charge in [0.1, 0.15) is 0 Å². The molecule has 3 rings (SSSR count). The standard InChI is InChI=1S/C13H14Cl2N2O2S2/c1-2-20-13-16-11-6-21(18,19)7-12(11)17(13)10-4-8(14)3-9(15)5-10/h3-5,11-12H,2,6-7H2,1H3/t11-,12+/m0/s1. The molecular formula is C13H14Cl2N2O2S2. The normalized spacial score (nSPS) is 26.8. The highest BCUT2D eigenvalue weighted by molar-refractivity contribution is 8.14. The van der Waals surface area contributed by atoms with Gasteiger partial charge in [-0.1, -0.05) is 41.9 Å². The molecule has 0 unspecified atom stereocenters. The van der Waals surface area contributed by atoms with Gasteiger partial charge in [-0.15, -0.1) is 0 Å². The SMILES string of the molecule is CCSC1=N[C@H]2CS(=O)(=O)C[C@H]2N1c1cc(Cl)cc(Cl)c1. The molecule has 2 aliphatic rings. The predicted octanol–water partition coefficient (Wildman–Crippen LogP) is 3.09. The van der Waals surface area contributed by atoms with Crippen molar-refractivity contribution in [1.82, 2.24) is 0 Å². The van der Waals surface area contributed by atoms with Crippen molar-refractivity contribution in [2.24, 2.45) is 4.99 Å². The van der Waals surface area contributed by atoms with Gasteiger partial charge in [-0.2, -0.15) is 0 Å². The van der Waals surface area contributed by atoms with Gasteiger partial charge in [-0.25, -0.2) is 8.42 Å². The number of hydrogen-bond donors (Lipinski definition) is 0. The minimum absolute atomic E-state index is 0.121. The zero-order chi connectivity index (χ0) is 15.2. The maximum Gasteiger partial charge on any atom is 0.164 e. The summed E-state index contributed by atoms with van der Waals surface area (Å²) in [7, 11) is -3.03. The van der Waals surface area contributed by atoms with Crippen LogP contribution >= 0.6 is 35.0 Å². The van der Waals surface area contributed by atoms with Crippen molar-refractivity contribution < 1.29 is 8.42 Å². The third-order valence-electron chi connectivity index (χ3n) is 3.51. The molecule has 21 heavy (non-hydrogen) atoms. The van der Waals surface area contributed by atoms with Crippen LogP contribution in [0.25, 0.3) is 0 Å². The van der Waals surface area contributed by atoms with Crippen molar-refractivity contribution in [2.75, 3.05) is 22.2 Å². The molecule has 0 aromatic heterocycles. The van der Waals surface area contributed by atoms with E-state index in [1.807, 2.05) is 11.8 Å². The largest absolute Gasteiger partial charge is 0.315 e. The number of thioether (sulfide) groups is 1. The number of benzene rings is 1. The molecule has 1 aromatic carbocycles. The van der Waals surface area contributed by atoms with Crippen molar-refractivity contribution in [3.05, 3.63) is 28.2 Å². The summed E-state index contributed by atoms with van der Waals surface area (Å²) in [5, 5.41) is 1.91. The highest BCUT2D eigenvalue weighted by atomic mass is 35.5. The van der Waals surface area contributed by atoms with Gasteiger partial charge in [0.05, 0.1) is 23.6 Å². The van der Waals surface area contributed by atoms with E-state index in [-0.39, 0.29) is 23.6 Å². The van der Waals surface area contributed by atoms with Gasteiger partial charge in [0.15, 0.2) is 15.0 Å². The molecule has 0 N–H and O–H groups in total. The second-order valence-electron chi connectivity index (χ2n) is 5.05. The van der Waals surface area contributed by atoms with Crippen molar-refractivity contribution in [2.45, 2.75) is 19.0 Å². The van der Waals surface area contributed by atoms with Crippen LogP contribution in [0.1, 0.15) is 6.92 Å². The molecule has 2 heterocycles. The van der Waals surface area contributed by atoms with Gasteiger partial charge in [-0.05, 0) is 24.0 Å². The molecule has 4 nitrogen and oxygen atoms in total. The number of anilines is 1. The van der Waals surface area contributed by atoms with Crippen LogP contribution in [0.15, 0.2) is 23.2 Å². The first-order valence-electron chi connectivity index (χ1n) is 6.56. The maximum absolute atomic E-state index is 11.9. The van der Waals surface area contributed by atoms with Crippen LogP contribution in [-0.4, -0.2) is 42.9 Å². The molecule has 2 atom stereocenters. The Morgan fingerprint density at radius 3 is 2.57 bits per heavy atom. The molecule has 2 aliphatic heterocycles. The number of sulfone groups is 1. The number of nitrogens with zero attached hydrogens (tertiary/aromatic N) is 2. The summed E-state index contributed by atoms with van der Waals surface area (Å²) in [4.78, 5) is 6.57. The van der Waals surface area contributed by atoms with Gasteiger partial charge >= 0.3 is 0 Å². The number of fused-ring (bicyclic) bond motifs is 1. The smallest absolute Gasteiger partial charge is 0.164 e. The molecule has 0 bridgehead atoms. The third-order valence-corrected chi connectivity index (χ3v) is 6.49. The minimum Gasteiger partial charge on any atom is -0.315 e. The van der Waals surface area contributed by atoms with E-state index in [0.29, 0.717) is 10.0 Å². The Labute approximate surface area is 138 Å². The first kappa shape index (κ1) is 15.5. The van der Waals surface area contributed by atoms with Crippen LogP contribution in [-0.2, 0) is 9.84 Å². The van der Waals surface area contributed by atoms with Gasteiger partial charge in [0.25, 0.3) is 0 Å². The summed E-state index contributed by atoms with van der Waals surface area (Å²) >= 11 is 13.8. The predicted molar refractivity (Wildman–Crippen MR) is 90.7 cm³/mol. The summed E-state index contributed by atoms with van der Waals surface area (Å²) in [6, 6.07) is 4.91. The Kier molecular flexibility index (Phi) is 4.16. The molecule has 0 radical (unpaired) electrons. The maximum atomic E-state index is 11.9. The van der Waals surface area contributed by atoms with Crippen LogP contribution in [0.5, 0.6) is 0 Å². The molecule has 1 fully saturated rings. The molecular weight excluding hydrogens is 351 g/mol. The van der Waals surface area contributed by atoms with Gasteiger partial charge in [0.2, 0.25) is 0 Å². The molecule has 0 amide bonds. The Bertz CT molecular complexity index is 686. The third kappa shape index (κ3) is 3.04. The van der Waals surface area contributed by atoms with E-state index in [1.54, 1.807) is 30.0 Å².